The van der Waals surface area contributed by atoms with Gasteiger partial charge in [-0.2, -0.15) is 0 Å². The van der Waals surface area contributed by atoms with Gasteiger partial charge in [-0.05, 0) is 53.1 Å². The summed E-state index contributed by atoms with van der Waals surface area (Å²) in [4.78, 5) is 11.4. The van der Waals surface area contributed by atoms with Gasteiger partial charge in [0.1, 0.15) is 5.76 Å². The molecule has 2 aliphatic carbocycles. The zero-order valence-electron chi connectivity index (χ0n) is 9.93. The molecule has 0 aromatic carbocycles. The summed E-state index contributed by atoms with van der Waals surface area (Å²) in [5, 5.41) is 12.7. The lowest BCUT2D eigenvalue weighted by atomic mass is 9.84. The Kier molecular flexibility index (Phi) is 3.20. The van der Waals surface area contributed by atoms with Gasteiger partial charge in [-0.15, -0.1) is 0 Å². The number of halogens is 1. The van der Waals surface area contributed by atoms with Gasteiger partial charge in [-0.1, -0.05) is 0 Å². The molecule has 4 atom stereocenters. The van der Waals surface area contributed by atoms with E-state index in [1.165, 1.54) is 0 Å². The normalized spacial score (nSPS) is 34.1. The number of nitrogens with one attached hydrogen (secondary N) is 1. The highest BCUT2D eigenvalue weighted by Crippen LogP contribution is 2.48. The van der Waals surface area contributed by atoms with Crippen molar-refractivity contribution in [3.63, 3.8) is 0 Å². The van der Waals surface area contributed by atoms with Crippen LogP contribution in [0.3, 0.4) is 0 Å². The fourth-order valence-electron chi connectivity index (χ4n) is 3.60. The largest absolute Gasteiger partial charge is 0.481 e. The minimum absolute atomic E-state index is 0.0956. The predicted molar refractivity (Wildman–Crippen MR) is 69.0 cm³/mol. The highest BCUT2D eigenvalue weighted by molar-refractivity contribution is 9.10. The Morgan fingerprint density at radius 3 is 2.94 bits per heavy atom. The SMILES string of the molecule is O=C(O)C1C2CCC(C2)C1NCc1occc1Br. The van der Waals surface area contributed by atoms with E-state index in [0.29, 0.717) is 18.4 Å². The van der Waals surface area contributed by atoms with Crippen LogP contribution in [0.25, 0.3) is 0 Å². The molecule has 4 nitrogen and oxygen atoms in total. The van der Waals surface area contributed by atoms with E-state index in [-0.39, 0.29) is 12.0 Å². The second-order valence-corrected chi connectivity index (χ2v) is 6.15. The van der Waals surface area contributed by atoms with Gasteiger partial charge in [-0.3, -0.25) is 4.79 Å². The number of furan rings is 1. The van der Waals surface area contributed by atoms with E-state index >= 15 is 0 Å². The Hall–Kier alpha value is -0.810. The lowest BCUT2D eigenvalue weighted by Crippen LogP contribution is -2.43. The molecule has 0 amide bonds. The van der Waals surface area contributed by atoms with Gasteiger partial charge in [0.2, 0.25) is 0 Å². The van der Waals surface area contributed by atoms with Crippen molar-refractivity contribution in [1.29, 1.82) is 0 Å². The fourth-order valence-corrected chi connectivity index (χ4v) is 3.94. The monoisotopic (exact) mass is 313 g/mol. The molecule has 1 heterocycles. The number of fused-ring (bicyclic) bond motifs is 2. The molecular weight excluding hydrogens is 298 g/mol. The molecule has 18 heavy (non-hydrogen) atoms. The molecule has 4 unspecified atom stereocenters. The minimum Gasteiger partial charge on any atom is -0.481 e. The maximum Gasteiger partial charge on any atom is 0.308 e. The highest BCUT2D eigenvalue weighted by atomic mass is 79.9. The molecule has 98 valence electrons. The van der Waals surface area contributed by atoms with Crippen LogP contribution in [-0.2, 0) is 11.3 Å². The summed E-state index contributed by atoms with van der Waals surface area (Å²) in [7, 11) is 0. The van der Waals surface area contributed by atoms with Crippen molar-refractivity contribution >= 4 is 21.9 Å². The van der Waals surface area contributed by atoms with Gasteiger partial charge in [-0.25, -0.2) is 0 Å². The second kappa shape index (κ2) is 4.70. The number of rotatable bonds is 4. The van der Waals surface area contributed by atoms with E-state index in [9.17, 15) is 9.90 Å². The fraction of sp³-hybridized carbons (Fsp3) is 0.615. The number of aliphatic carboxylic acids is 1. The lowest BCUT2D eigenvalue weighted by Gasteiger charge is -2.28. The van der Waals surface area contributed by atoms with Gasteiger partial charge in [0.15, 0.2) is 0 Å². The highest BCUT2D eigenvalue weighted by Gasteiger charge is 2.50. The van der Waals surface area contributed by atoms with Crippen LogP contribution in [0.1, 0.15) is 25.0 Å². The van der Waals surface area contributed by atoms with Crippen molar-refractivity contribution in [2.24, 2.45) is 17.8 Å². The van der Waals surface area contributed by atoms with E-state index in [0.717, 1.165) is 29.5 Å². The Balaban J connectivity index is 1.68. The van der Waals surface area contributed by atoms with Crippen LogP contribution in [0.2, 0.25) is 0 Å². The minimum atomic E-state index is -0.654. The van der Waals surface area contributed by atoms with Crippen molar-refractivity contribution < 1.29 is 14.3 Å². The molecule has 1 aromatic heterocycles. The third kappa shape index (κ3) is 1.99. The van der Waals surface area contributed by atoms with Crippen molar-refractivity contribution in [3.8, 4) is 0 Å². The van der Waals surface area contributed by atoms with Crippen LogP contribution in [0.15, 0.2) is 21.2 Å². The maximum absolute atomic E-state index is 11.4. The first-order valence-corrected chi connectivity index (χ1v) is 7.14. The van der Waals surface area contributed by atoms with E-state index in [2.05, 4.69) is 21.2 Å². The molecule has 0 radical (unpaired) electrons. The molecule has 2 N–H and O–H groups in total. The molecule has 2 aliphatic rings. The quantitative estimate of drug-likeness (QED) is 0.897. The second-order valence-electron chi connectivity index (χ2n) is 5.30. The van der Waals surface area contributed by atoms with E-state index in [4.69, 9.17) is 4.42 Å². The first-order valence-electron chi connectivity index (χ1n) is 6.35. The van der Waals surface area contributed by atoms with E-state index < -0.39 is 5.97 Å². The molecule has 3 rings (SSSR count). The average molecular weight is 314 g/mol. The number of carboxylic acid groups (broad SMARTS) is 1. The molecule has 2 bridgehead atoms. The van der Waals surface area contributed by atoms with Crippen LogP contribution in [-0.4, -0.2) is 17.1 Å². The number of carboxylic acids is 1. The standard InChI is InChI=1S/C13H16BrNO3/c14-9-3-4-18-10(9)6-15-12-8-2-1-7(5-8)11(12)13(16)17/h3-4,7-8,11-12,15H,1-2,5-6H2,(H,16,17). The topological polar surface area (TPSA) is 62.5 Å². The molecule has 2 fully saturated rings. The van der Waals surface area contributed by atoms with Gasteiger partial charge in [0, 0.05) is 6.04 Å². The van der Waals surface area contributed by atoms with E-state index in [1.54, 1.807) is 6.26 Å². The third-order valence-electron chi connectivity index (χ3n) is 4.39. The Labute approximate surface area is 114 Å². The Bertz CT molecular complexity index is 459. The van der Waals surface area contributed by atoms with Gasteiger partial charge >= 0.3 is 5.97 Å². The zero-order chi connectivity index (χ0) is 12.7. The first kappa shape index (κ1) is 12.2. The Morgan fingerprint density at radius 2 is 2.28 bits per heavy atom. The average Bonchev–Trinajstić information content (AvgIpc) is 3.00. The van der Waals surface area contributed by atoms with Crippen LogP contribution in [0.4, 0.5) is 0 Å². The molecule has 0 saturated heterocycles. The summed E-state index contributed by atoms with van der Waals surface area (Å²) < 4.78 is 6.28. The lowest BCUT2D eigenvalue weighted by molar-refractivity contribution is -0.144. The third-order valence-corrected chi connectivity index (χ3v) is 5.10. The predicted octanol–water partition coefficient (Wildman–Crippen LogP) is 2.63. The van der Waals surface area contributed by atoms with Crippen LogP contribution in [0.5, 0.6) is 0 Å². The number of hydrogen-bond acceptors (Lipinski definition) is 3. The molecule has 5 heteroatoms. The number of carbonyl (C=O) groups is 1. The zero-order valence-corrected chi connectivity index (χ0v) is 11.5. The first-order chi connectivity index (χ1) is 8.66. The molecule has 1 aromatic rings. The summed E-state index contributed by atoms with van der Waals surface area (Å²) >= 11 is 3.41. The van der Waals surface area contributed by atoms with Crippen LogP contribution >= 0.6 is 15.9 Å². The maximum atomic E-state index is 11.4. The summed E-state index contributed by atoms with van der Waals surface area (Å²) in [6.07, 6.45) is 4.93. The summed E-state index contributed by atoms with van der Waals surface area (Å²) in [5.74, 6) is 0.840. The molecule has 0 spiro atoms. The van der Waals surface area contributed by atoms with Crippen molar-refractivity contribution in [1.82, 2.24) is 5.32 Å². The van der Waals surface area contributed by atoms with Crippen LogP contribution < -0.4 is 5.32 Å². The summed E-state index contributed by atoms with van der Waals surface area (Å²) in [6.45, 7) is 0.589. The summed E-state index contributed by atoms with van der Waals surface area (Å²) in [6, 6.07) is 1.95. The van der Waals surface area contributed by atoms with Gasteiger partial charge in [0.25, 0.3) is 0 Å². The Morgan fingerprint density at radius 1 is 1.50 bits per heavy atom. The number of hydrogen-bond donors (Lipinski definition) is 2. The van der Waals surface area contributed by atoms with Gasteiger partial charge < -0.3 is 14.8 Å². The van der Waals surface area contributed by atoms with Crippen molar-refractivity contribution in [3.05, 3.63) is 22.6 Å². The van der Waals surface area contributed by atoms with Crippen molar-refractivity contribution in [2.45, 2.75) is 31.8 Å². The van der Waals surface area contributed by atoms with Crippen LogP contribution in [0, 0.1) is 17.8 Å². The molecule has 0 aliphatic heterocycles. The van der Waals surface area contributed by atoms with Gasteiger partial charge in [0.05, 0.1) is 23.2 Å². The molecule has 2 saturated carbocycles. The smallest absolute Gasteiger partial charge is 0.308 e. The summed E-state index contributed by atoms with van der Waals surface area (Å²) in [5.41, 5.74) is 0. The molecular formula is C13H16BrNO3. The van der Waals surface area contributed by atoms with E-state index in [1.807, 2.05) is 6.07 Å². The van der Waals surface area contributed by atoms with Crippen molar-refractivity contribution in [2.75, 3.05) is 0 Å².